The Kier molecular flexibility index (Phi) is 11.5. The van der Waals surface area contributed by atoms with E-state index in [1.54, 1.807) is 7.11 Å². The van der Waals surface area contributed by atoms with E-state index in [0.717, 1.165) is 10.4 Å². The summed E-state index contributed by atoms with van der Waals surface area (Å²) in [6.07, 6.45) is 0. The predicted octanol–water partition coefficient (Wildman–Crippen LogP) is 2.21. The second kappa shape index (κ2) is 12.7. The standard InChI is InChI=1S/C19H36O7Si2/c1-8-21-27(22-9-2,23-10-3)17-15-14-16-18(19(17)20-7)28(24-11-4,25-12-5)26-13-6/h14-16H,8-13H2,1-7H3. The number of methoxy groups -OCH3 is 1. The summed E-state index contributed by atoms with van der Waals surface area (Å²) in [5.41, 5.74) is 0. The molecule has 1 aromatic carbocycles. The highest BCUT2D eigenvalue weighted by Crippen LogP contribution is 2.22. The van der Waals surface area contributed by atoms with Crippen molar-refractivity contribution in [3.63, 3.8) is 0 Å². The fourth-order valence-electron chi connectivity index (χ4n) is 3.10. The molecule has 0 bridgehead atoms. The zero-order valence-electron chi connectivity index (χ0n) is 18.3. The summed E-state index contributed by atoms with van der Waals surface area (Å²) >= 11 is 0. The van der Waals surface area contributed by atoms with Crippen LogP contribution in [0.25, 0.3) is 0 Å². The first-order chi connectivity index (χ1) is 13.5. The van der Waals surface area contributed by atoms with Crippen LogP contribution in [0.4, 0.5) is 0 Å². The molecule has 0 aromatic heterocycles. The molecule has 0 saturated carbocycles. The van der Waals surface area contributed by atoms with Gasteiger partial charge in [-0.15, -0.1) is 0 Å². The van der Waals surface area contributed by atoms with Gasteiger partial charge in [-0.1, -0.05) is 18.2 Å². The van der Waals surface area contributed by atoms with Gasteiger partial charge in [0.25, 0.3) is 0 Å². The van der Waals surface area contributed by atoms with Crippen LogP contribution in [-0.2, 0) is 26.6 Å². The lowest BCUT2D eigenvalue weighted by atomic mass is 10.3. The summed E-state index contributed by atoms with van der Waals surface area (Å²) in [6.45, 7) is 14.3. The summed E-state index contributed by atoms with van der Waals surface area (Å²) in [6, 6.07) is 5.78. The van der Waals surface area contributed by atoms with Crippen LogP contribution in [0.5, 0.6) is 5.75 Å². The molecule has 28 heavy (non-hydrogen) atoms. The highest BCUT2D eigenvalue weighted by atomic mass is 28.4. The molecule has 0 aliphatic heterocycles. The predicted molar refractivity (Wildman–Crippen MR) is 114 cm³/mol. The van der Waals surface area contributed by atoms with Crippen molar-refractivity contribution in [2.24, 2.45) is 0 Å². The minimum atomic E-state index is -3.19. The molecule has 0 spiro atoms. The van der Waals surface area contributed by atoms with Crippen LogP contribution in [0.15, 0.2) is 18.2 Å². The fourth-order valence-corrected chi connectivity index (χ4v) is 8.56. The van der Waals surface area contributed by atoms with Crippen molar-refractivity contribution in [3.8, 4) is 5.75 Å². The Morgan fingerprint density at radius 1 is 0.571 bits per heavy atom. The van der Waals surface area contributed by atoms with Gasteiger partial charge in [-0.2, -0.15) is 0 Å². The van der Waals surface area contributed by atoms with Gasteiger partial charge in [0.2, 0.25) is 0 Å². The Bertz CT molecular complexity index is 493. The van der Waals surface area contributed by atoms with Gasteiger partial charge in [0.05, 0.1) is 17.5 Å². The Labute approximate surface area is 171 Å². The van der Waals surface area contributed by atoms with Crippen molar-refractivity contribution in [3.05, 3.63) is 18.2 Å². The molecule has 0 saturated heterocycles. The minimum Gasteiger partial charge on any atom is -0.496 e. The van der Waals surface area contributed by atoms with Crippen molar-refractivity contribution >= 4 is 28.0 Å². The molecule has 0 N–H and O–H groups in total. The molecule has 0 aliphatic carbocycles. The van der Waals surface area contributed by atoms with E-state index >= 15 is 0 Å². The summed E-state index contributed by atoms with van der Waals surface area (Å²) in [5.74, 6) is 0.589. The summed E-state index contributed by atoms with van der Waals surface area (Å²) in [5, 5.41) is 1.52. The smallest absolute Gasteiger partial charge is 0.496 e. The van der Waals surface area contributed by atoms with E-state index in [2.05, 4.69) is 0 Å². The van der Waals surface area contributed by atoms with Crippen molar-refractivity contribution in [2.75, 3.05) is 46.8 Å². The molecule has 1 rings (SSSR count). The molecule has 0 radical (unpaired) electrons. The van der Waals surface area contributed by atoms with Crippen LogP contribution in [0, 0.1) is 0 Å². The molecule has 9 heteroatoms. The Hall–Kier alpha value is -0.786. The molecule has 0 unspecified atom stereocenters. The molecule has 7 nitrogen and oxygen atoms in total. The van der Waals surface area contributed by atoms with Crippen LogP contribution in [0.1, 0.15) is 41.5 Å². The molecular formula is C19H36O7Si2. The third-order valence-corrected chi connectivity index (χ3v) is 10.0. The lowest BCUT2D eigenvalue weighted by Gasteiger charge is -2.33. The Morgan fingerprint density at radius 3 is 1.07 bits per heavy atom. The maximum Gasteiger partial charge on any atom is 0.541 e. The van der Waals surface area contributed by atoms with Crippen LogP contribution < -0.4 is 15.1 Å². The quantitative estimate of drug-likeness (QED) is 0.394. The van der Waals surface area contributed by atoms with Gasteiger partial charge in [0.15, 0.2) is 0 Å². The van der Waals surface area contributed by atoms with Crippen molar-refractivity contribution in [1.29, 1.82) is 0 Å². The van der Waals surface area contributed by atoms with Gasteiger partial charge in [-0.25, -0.2) is 0 Å². The maximum absolute atomic E-state index is 6.09. The molecule has 0 aliphatic rings. The van der Waals surface area contributed by atoms with Crippen molar-refractivity contribution in [1.82, 2.24) is 0 Å². The number of hydrogen-bond acceptors (Lipinski definition) is 7. The minimum absolute atomic E-state index is 0.463. The molecule has 0 amide bonds. The van der Waals surface area contributed by atoms with Crippen LogP contribution in [0.3, 0.4) is 0 Å². The molecule has 162 valence electrons. The van der Waals surface area contributed by atoms with E-state index in [-0.39, 0.29) is 0 Å². The Balaban J connectivity index is 3.71. The van der Waals surface area contributed by atoms with Gasteiger partial charge < -0.3 is 31.3 Å². The lowest BCUT2D eigenvalue weighted by Crippen LogP contribution is -2.62. The third kappa shape index (κ3) is 5.64. The van der Waals surface area contributed by atoms with E-state index in [1.807, 2.05) is 59.7 Å². The average Bonchev–Trinajstić information content (AvgIpc) is 2.68. The molecule has 0 fully saturated rings. The normalized spacial score (nSPS) is 12.4. The van der Waals surface area contributed by atoms with Crippen LogP contribution in [-0.4, -0.2) is 64.4 Å². The largest absolute Gasteiger partial charge is 0.541 e. The van der Waals surface area contributed by atoms with E-state index in [0.29, 0.717) is 45.4 Å². The van der Waals surface area contributed by atoms with Crippen molar-refractivity contribution in [2.45, 2.75) is 41.5 Å². The number of ether oxygens (including phenoxy) is 1. The topological polar surface area (TPSA) is 64.6 Å². The van der Waals surface area contributed by atoms with Gasteiger partial charge in [0, 0.05) is 39.6 Å². The van der Waals surface area contributed by atoms with Crippen molar-refractivity contribution < 1.29 is 31.3 Å². The number of para-hydroxylation sites is 1. The van der Waals surface area contributed by atoms with Gasteiger partial charge >= 0.3 is 17.6 Å². The van der Waals surface area contributed by atoms with Crippen LogP contribution in [0.2, 0.25) is 0 Å². The van der Waals surface area contributed by atoms with Gasteiger partial charge in [-0.3, -0.25) is 0 Å². The second-order valence-electron chi connectivity index (χ2n) is 5.60. The third-order valence-electron chi connectivity index (χ3n) is 3.89. The summed E-state index contributed by atoms with van der Waals surface area (Å²) in [7, 11) is -4.75. The molecule has 0 heterocycles. The number of hydrogen-bond donors (Lipinski definition) is 0. The van der Waals surface area contributed by atoms with Gasteiger partial charge in [-0.05, 0) is 41.5 Å². The molecule has 1 aromatic rings. The monoisotopic (exact) mass is 432 g/mol. The van der Waals surface area contributed by atoms with E-state index in [4.69, 9.17) is 31.3 Å². The van der Waals surface area contributed by atoms with Gasteiger partial charge in [0.1, 0.15) is 5.75 Å². The number of benzene rings is 1. The summed E-state index contributed by atoms with van der Waals surface area (Å²) < 4.78 is 42.4. The zero-order chi connectivity index (χ0) is 21.0. The fraction of sp³-hybridized carbons (Fsp3) is 0.684. The highest BCUT2D eigenvalue weighted by Gasteiger charge is 2.51. The first-order valence-electron chi connectivity index (χ1n) is 10.1. The molecular weight excluding hydrogens is 396 g/mol. The SMILES string of the molecule is CCO[Si](OCC)(OCC)c1cccc([Si](OCC)(OCC)OCC)c1OC. The highest BCUT2D eigenvalue weighted by molar-refractivity contribution is 6.80. The van der Waals surface area contributed by atoms with E-state index in [1.165, 1.54) is 0 Å². The Morgan fingerprint density at radius 2 is 0.857 bits per heavy atom. The summed E-state index contributed by atoms with van der Waals surface area (Å²) in [4.78, 5) is 0. The second-order valence-corrected chi connectivity index (χ2v) is 10.6. The average molecular weight is 433 g/mol. The van der Waals surface area contributed by atoms with Crippen LogP contribution >= 0.6 is 0 Å². The van der Waals surface area contributed by atoms with E-state index < -0.39 is 17.6 Å². The van der Waals surface area contributed by atoms with E-state index in [9.17, 15) is 0 Å². The maximum atomic E-state index is 6.09. The zero-order valence-corrected chi connectivity index (χ0v) is 20.3. The first-order valence-corrected chi connectivity index (χ1v) is 13.5. The number of rotatable bonds is 15. The first kappa shape index (κ1) is 25.3. The lowest BCUT2D eigenvalue weighted by molar-refractivity contribution is 0.0843. The molecule has 0 atom stereocenters.